The summed E-state index contributed by atoms with van der Waals surface area (Å²) in [5, 5.41) is 12.8. The Labute approximate surface area is 189 Å². The average molecular weight is 457 g/mol. The number of nitrogens with one attached hydrogen (secondary N) is 1. The number of benzene rings is 2. The highest BCUT2D eigenvalue weighted by Gasteiger charge is 2.12. The van der Waals surface area contributed by atoms with Crippen molar-refractivity contribution in [3.05, 3.63) is 64.7 Å². The fourth-order valence-electron chi connectivity index (χ4n) is 2.63. The van der Waals surface area contributed by atoms with Gasteiger partial charge in [-0.2, -0.15) is 5.10 Å². The van der Waals surface area contributed by atoms with E-state index < -0.39 is 0 Å². The van der Waals surface area contributed by atoms with Crippen LogP contribution in [0, 0.1) is 6.92 Å². The van der Waals surface area contributed by atoms with Crippen LogP contribution in [0.2, 0.25) is 0 Å². The van der Waals surface area contributed by atoms with Crippen LogP contribution in [-0.2, 0) is 4.79 Å². The molecule has 1 aromatic heterocycles. The summed E-state index contributed by atoms with van der Waals surface area (Å²) in [4.78, 5) is 12.0. The minimum Gasteiger partial charge on any atom is -0.490 e. The third kappa shape index (κ3) is 7.08. The highest BCUT2D eigenvalue weighted by molar-refractivity contribution is 8.01. The quantitative estimate of drug-likeness (QED) is 0.272. The molecule has 9 heteroatoms. The van der Waals surface area contributed by atoms with E-state index in [4.69, 9.17) is 9.47 Å². The molecule has 0 aliphatic heterocycles. The molecular weight excluding hydrogens is 432 g/mol. The van der Waals surface area contributed by atoms with Crippen LogP contribution in [0.25, 0.3) is 0 Å². The zero-order valence-corrected chi connectivity index (χ0v) is 19.2. The number of hydrazone groups is 1. The van der Waals surface area contributed by atoms with Gasteiger partial charge in [0, 0.05) is 0 Å². The maximum atomic E-state index is 12.0. The van der Waals surface area contributed by atoms with Crippen molar-refractivity contribution >= 4 is 35.2 Å². The van der Waals surface area contributed by atoms with Crippen LogP contribution in [0.15, 0.2) is 58.0 Å². The predicted octanol–water partition coefficient (Wildman–Crippen LogP) is 4.63. The van der Waals surface area contributed by atoms with Crippen LogP contribution in [0.3, 0.4) is 0 Å². The van der Waals surface area contributed by atoms with E-state index in [1.165, 1.54) is 23.1 Å². The highest BCUT2D eigenvalue weighted by atomic mass is 32.2. The molecule has 162 valence electrons. The van der Waals surface area contributed by atoms with Crippen molar-refractivity contribution in [3.8, 4) is 11.5 Å². The SMILES string of the molecule is CCOc1cc(/C=N\NC(=O)CSc2nnc(C)s2)ccc1O[C@H](C)c1ccccc1. The Morgan fingerprint density at radius 1 is 1.23 bits per heavy atom. The number of hydrogen-bond acceptors (Lipinski definition) is 8. The summed E-state index contributed by atoms with van der Waals surface area (Å²) in [6.45, 7) is 6.30. The van der Waals surface area contributed by atoms with Gasteiger partial charge in [-0.25, -0.2) is 5.43 Å². The second-order valence-electron chi connectivity index (χ2n) is 6.48. The molecule has 0 bridgehead atoms. The van der Waals surface area contributed by atoms with Gasteiger partial charge < -0.3 is 9.47 Å². The van der Waals surface area contributed by atoms with E-state index in [0.717, 1.165) is 20.5 Å². The van der Waals surface area contributed by atoms with Gasteiger partial charge >= 0.3 is 0 Å². The largest absolute Gasteiger partial charge is 0.490 e. The van der Waals surface area contributed by atoms with Gasteiger partial charge in [-0.05, 0) is 50.1 Å². The summed E-state index contributed by atoms with van der Waals surface area (Å²) >= 11 is 2.79. The number of carbonyl (C=O) groups is 1. The van der Waals surface area contributed by atoms with E-state index in [1.54, 1.807) is 6.21 Å². The smallest absolute Gasteiger partial charge is 0.250 e. The first-order valence-corrected chi connectivity index (χ1v) is 11.6. The van der Waals surface area contributed by atoms with Gasteiger partial charge in [0.15, 0.2) is 15.8 Å². The lowest BCUT2D eigenvalue weighted by atomic mass is 10.1. The van der Waals surface area contributed by atoms with Crippen molar-refractivity contribution in [2.45, 2.75) is 31.2 Å². The van der Waals surface area contributed by atoms with Gasteiger partial charge in [0.25, 0.3) is 5.91 Å². The van der Waals surface area contributed by atoms with Crippen LogP contribution in [0.1, 0.15) is 36.1 Å². The van der Waals surface area contributed by atoms with Crippen molar-refractivity contribution < 1.29 is 14.3 Å². The van der Waals surface area contributed by atoms with Gasteiger partial charge in [-0.15, -0.1) is 10.2 Å². The number of hydrogen-bond donors (Lipinski definition) is 1. The first-order valence-electron chi connectivity index (χ1n) is 9.78. The molecule has 0 radical (unpaired) electrons. The molecule has 1 N–H and O–H groups in total. The monoisotopic (exact) mass is 456 g/mol. The number of carbonyl (C=O) groups excluding carboxylic acids is 1. The second-order valence-corrected chi connectivity index (χ2v) is 8.88. The highest BCUT2D eigenvalue weighted by Crippen LogP contribution is 2.32. The van der Waals surface area contributed by atoms with Crippen LogP contribution in [0.4, 0.5) is 0 Å². The van der Waals surface area contributed by atoms with Gasteiger partial charge in [0.05, 0.1) is 18.6 Å². The number of nitrogens with zero attached hydrogens (tertiary/aromatic N) is 3. The van der Waals surface area contributed by atoms with E-state index >= 15 is 0 Å². The average Bonchev–Trinajstić information content (AvgIpc) is 3.20. The molecule has 0 unspecified atom stereocenters. The molecule has 1 atom stereocenters. The predicted molar refractivity (Wildman–Crippen MR) is 124 cm³/mol. The maximum Gasteiger partial charge on any atom is 0.250 e. The third-order valence-electron chi connectivity index (χ3n) is 4.08. The molecule has 31 heavy (non-hydrogen) atoms. The first-order chi connectivity index (χ1) is 15.0. The van der Waals surface area contributed by atoms with Crippen molar-refractivity contribution in [1.29, 1.82) is 0 Å². The van der Waals surface area contributed by atoms with E-state index in [9.17, 15) is 4.79 Å². The van der Waals surface area contributed by atoms with Gasteiger partial charge in [0.2, 0.25) is 0 Å². The molecule has 0 aliphatic rings. The van der Waals surface area contributed by atoms with Gasteiger partial charge in [-0.3, -0.25) is 4.79 Å². The first kappa shape index (κ1) is 22.8. The lowest BCUT2D eigenvalue weighted by Crippen LogP contribution is -2.19. The van der Waals surface area contributed by atoms with Crippen molar-refractivity contribution in [2.75, 3.05) is 12.4 Å². The van der Waals surface area contributed by atoms with Crippen LogP contribution < -0.4 is 14.9 Å². The Bertz CT molecular complexity index is 1020. The van der Waals surface area contributed by atoms with Gasteiger partial charge in [-0.1, -0.05) is 53.4 Å². The number of ether oxygens (including phenoxy) is 2. The fourth-order valence-corrected chi connectivity index (χ4v) is 4.24. The second kappa shape index (κ2) is 11.5. The van der Waals surface area contributed by atoms with Crippen LogP contribution in [-0.4, -0.2) is 34.7 Å². The molecule has 1 heterocycles. The summed E-state index contributed by atoms with van der Waals surface area (Å²) in [5.74, 6) is 1.29. The van der Waals surface area contributed by atoms with Crippen LogP contribution in [0.5, 0.6) is 11.5 Å². The molecule has 1 amide bonds. The Morgan fingerprint density at radius 3 is 2.74 bits per heavy atom. The van der Waals surface area contributed by atoms with Crippen molar-refractivity contribution in [3.63, 3.8) is 0 Å². The van der Waals surface area contributed by atoms with E-state index in [1.807, 2.05) is 69.3 Å². The van der Waals surface area contributed by atoms with E-state index in [-0.39, 0.29) is 17.8 Å². The van der Waals surface area contributed by atoms with E-state index in [0.29, 0.717) is 18.1 Å². The summed E-state index contributed by atoms with van der Waals surface area (Å²) in [6, 6.07) is 15.6. The Morgan fingerprint density at radius 2 is 2.03 bits per heavy atom. The third-order valence-corrected chi connectivity index (χ3v) is 6.05. The molecule has 0 saturated heterocycles. The Kier molecular flexibility index (Phi) is 8.43. The Balaban J connectivity index is 1.58. The lowest BCUT2D eigenvalue weighted by molar-refractivity contribution is -0.118. The lowest BCUT2D eigenvalue weighted by Gasteiger charge is -2.18. The van der Waals surface area contributed by atoms with Gasteiger partial charge in [0.1, 0.15) is 11.1 Å². The molecule has 0 saturated carbocycles. The normalized spacial score (nSPS) is 12.0. The maximum absolute atomic E-state index is 12.0. The summed E-state index contributed by atoms with van der Waals surface area (Å²) < 4.78 is 12.6. The van der Waals surface area contributed by atoms with Crippen molar-refractivity contribution in [1.82, 2.24) is 15.6 Å². The molecule has 0 fully saturated rings. The molecule has 3 aromatic rings. The number of thioether (sulfide) groups is 1. The molecule has 7 nitrogen and oxygen atoms in total. The molecule has 3 rings (SSSR count). The minimum atomic E-state index is -0.212. The summed E-state index contributed by atoms with van der Waals surface area (Å²) in [5.41, 5.74) is 4.39. The number of amides is 1. The summed E-state index contributed by atoms with van der Waals surface area (Å²) in [7, 11) is 0. The minimum absolute atomic E-state index is 0.117. The fraction of sp³-hybridized carbons (Fsp3) is 0.273. The Hall–Kier alpha value is -2.91. The number of aryl methyl sites for hydroxylation is 1. The molecule has 0 spiro atoms. The van der Waals surface area contributed by atoms with Crippen LogP contribution >= 0.6 is 23.1 Å². The van der Waals surface area contributed by atoms with Crippen molar-refractivity contribution in [2.24, 2.45) is 5.10 Å². The number of rotatable bonds is 10. The standard InChI is InChI=1S/C22H24N4O3S2/c1-4-28-20-12-17(10-11-19(20)29-15(2)18-8-6-5-7-9-18)13-23-25-21(27)14-30-22-26-24-16(3)31-22/h5-13,15H,4,14H2,1-3H3,(H,25,27)/b23-13-/t15-/m1/s1. The number of aromatic nitrogens is 2. The molecular formula is C22H24N4O3S2. The zero-order chi connectivity index (χ0) is 22.1. The molecule has 0 aliphatic carbocycles. The summed E-state index contributed by atoms with van der Waals surface area (Å²) in [6.07, 6.45) is 1.46. The molecule has 2 aromatic carbocycles. The topological polar surface area (TPSA) is 85.7 Å². The van der Waals surface area contributed by atoms with E-state index in [2.05, 4.69) is 20.7 Å². The zero-order valence-electron chi connectivity index (χ0n) is 17.6.